The average molecular weight is 334 g/mol. The van der Waals surface area contributed by atoms with Crippen molar-refractivity contribution >= 4 is 7.28 Å². The zero-order valence-corrected chi connectivity index (χ0v) is 15.7. The zero-order valence-electron chi connectivity index (χ0n) is 12.8. The summed E-state index contributed by atoms with van der Waals surface area (Å²) in [6, 6.07) is 0. The van der Waals surface area contributed by atoms with Crippen molar-refractivity contribution in [3.63, 3.8) is 0 Å². The van der Waals surface area contributed by atoms with E-state index >= 15 is 0 Å². The van der Waals surface area contributed by atoms with Crippen molar-refractivity contribution in [3.05, 3.63) is 13.2 Å². The van der Waals surface area contributed by atoms with Crippen LogP contribution in [0.25, 0.3) is 0 Å². The van der Waals surface area contributed by atoms with Crippen LogP contribution in [0.3, 0.4) is 0 Å². The van der Waals surface area contributed by atoms with Gasteiger partial charge in [-0.05, 0) is 0 Å². The molecule has 19 heavy (non-hydrogen) atoms. The predicted molar refractivity (Wildman–Crippen MR) is 81.4 cm³/mol. The van der Waals surface area contributed by atoms with Crippen molar-refractivity contribution in [1.82, 2.24) is 0 Å². The smallest absolute Gasteiger partial charge is 0 e. The third kappa shape index (κ3) is 5.46. The fourth-order valence-electron chi connectivity index (χ4n) is 4.27. The first kappa shape index (κ1) is 18.2. The van der Waals surface area contributed by atoms with Gasteiger partial charge in [-0.2, -0.15) is 11.8 Å². The van der Waals surface area contributed by atoms with E-state index in [1.54, 1.807) is 0 Å². The van der Waals surface area contributed by atoms with Crippen LogP contribution in [0.15, 0.2) is 0 Å². The molecule has 0 nitrogen and oxygen atoms in total. The van der Waals surface area contributed by atoms with E-state index in [2.05, 4.69) is 27.3 Å². The molecule has 0 spiro atoms. The van der Waals surface area contributed by atoms with Crippen LogP contribution in [0.4, 0.5) is 0 Å². The maximum atomic E-state index is 4.60. The Morgan fingerprint density at radius 3 is 1.84 bits per heavy atom. The summed E-state index contributed by atoms with van der Waals surface area (Å²) in [5, 5.41) is 0. The van der Waals surface area contributed by atoms with Gasteiger partial charge in [-0.3, -0.25) is 0 Å². The topological polar surface area (TPSA) is 0 Å². The minimum atomic E-state index is 0. The van der Waals surface area contributed by atoms with E-state index in [0.717, 1.165) is 17.8 Å². The van der Waals surface area contributed by atoms with E-state index in [-0.39, 0.29) is 32.7 Å². The molecule has 0 bridgehead atoms. The third-order valence-corrected chi connectivity index (χ3v) is 5.36. The minimum Gasteiger partial charge on any atom is -0.357 e. The minimum absolute atomic E-state index is 0. The average Bonchev–Trinajstić information content (AvgIpc) is 2.46. The Labute approximate surface area is 147 Å². The molecular weight excluding hydrogens is 304 g/mol. The molecule has 2 saturated carbocycles. The van der Waals surface area contributed by atoms with Crippen molar-refractivity contribution in [2.75, 3.05) is 0 Å². The molecule has 0 saturated heterocycles. The van der Waals surface area contributed by atoms with E-state index in [9.17, 15) is 0 Å². The van der Waals surface area contributed by atoms with E-state index < -0.39 is 0 Å². The van der Waals surface area contributed by atoms with Crippen LogP contribution in [-0.4, -0.2) is 7.28 Å². The number of rotatable bonds is 5. The summed E-state index contributed by atoms with van der Waals surface area (Å²) in [6.07, 6.45) is 17.0. The second-order valence-corrected chi connectivity index (χ2v) is 6.56. The fraction of sp³-hybridized carbons (Fsp3) is 0.882. The normalized spacial score (nSPS) is 25.4. The van der Waals surface area contributed by atoms with Crippen LogP contribution in [0.5, 0.6) is 0 Å². The Morgan fingerprint density at radius 2 is 1.37 bits per heavy atom. The number of hydrogen-bond acceptors (Lipinski definition) is 0. The van der Waals surface area contributed by atoms with E-state index in [4.69, 9.17) is 0 Å². The van der Waals surface area contributed by atoms with Gasteiger partial charge in [-0.15, -0.1) is 6.82 Å². The van der Waals surface area contributed by atoms with Gasteiger partial charge in [-0.25, -0.2) is 0 Å². The maximum absolute atomic E-state index is 4.60. The molecule has 0 aromatic heterocycles. The van der Waals surface area contributed by atoms with Gasteiger partial charge in [-0.1, -0.05) is 83.3 Å². The summed E-state index contributed by atoms with van der Waals surface area (Å²) < 4.78 is 0. The van der Waals surface area contributed by atoms with Crippen LogP contribution in [0.1, 0.15) is 64.2 Å². The van der Waals surface area contributed by atoms with Gasteiger partial charge in [0, 0.05) is 32.7 Å². The van der Waals surface area contributed by atoms with Crippen molar-refractivity contribution in [2.45, 2.75) is 71.0 Å². The second kappa shape index (κ2) is 9.99. The van der Waals surface area contributed by atoms with Gasteiger partial charge in [0.05, 0.1) is 0 Å². The van der Waals surface area contributed by atoms with Crippen LogP contribution in [-0.2, 0) is 32.7 Å². The molecule has 2 rings (SSSR count). The van der Waals surface area contributed by atoms with Gasteiger partial charge in [0.25, 0.3) is 0 Å². The van der Waals surface area contributed by atoms with Crippen molar-refractivity contribution in [1.29, 1.82) is 0 Å². The van der Waals surface area contributed by atoms with Crippen LogP contribution in [0, 0.1) is 36.9 Å². The Kier molecular flexibility index (Phi) is 9.58. The molecule has 2 heteroatoms. The van der Waals surface area contributed by atoms with Crippen LogP contribution >= 0.6 is 0 Å². The summed E-state index contributed by atoms with van der Waals surface area (Å²) in [5.41, 5.74) is 0. The zero-order chi connectivity index (χ0) is 12.8. The van der Waals surface area contributed by atoms with E-state index in [1.807, 2.05) is 0 Å². The Hall–Kier alpha value is 1.17. The van der Waals surface area contributed by atoms with Gasteiger partial charge < -0.3 is 13.2 Å². The molecule has 2 atom stereocenters. The fourth-order valence-corrected chi connectivity index (χ4v) is 4.27. The first-order chi connectivity index (χ1) is 8.83. The molecule has 106 valence electrons. The van der Waals surface area contributed by atoms with Crippen molar-refractivity contribution < 1.29 is 32.7 Å². The summed E-state index contributed by atoms with van der Waals surface area (Å²) >= 11 is 0. The molecule has 2 fully saturated rings. The Balaban J connectivity index is 0.00000180. The van der Waals surface area contributed by atoms with Gasteiger partial charge >= 0.3 is 0 Å². The molecular formula is C17H30BY-2. The molecule has 0 aliphatic heterocycles. The number of hydrogen-bond donors (Lipinski definition) is 0. The largest absolute Gasteiger partial charge is 0.357 e. The van der Waals surface area contributed by atoms with Crippen molar-refractivity contribution in [2.24, 2.45) is 23.7 Å². The molecule has 0 aromatic carbocycles. The third-order valence-electron chi connectivity index (χ3n) is 5.36. The van der Waals surface area contributed by atoms with Crippen LogP contribution < -0.4 is 0 Å². The van der Waals surface area contributed by atoms with Gasteiger partial charge in [0.1, 0.15) is 0 Å². The molecule has 0 amide bonds. The summed E-state index contributed by atoms with van der Waals surface area (Å²) in [5.74, 6) is 3.27. The van der Waals surface area contributed by atoms with Crippen LogP contribution in [0.2, 0.25) is 6.82 Å². The van der Waals surface area contributed by atoms with E-state index in [1.165, 1.54) is 64.2 Å². The quantitative estimate of drug-likeness (QED) is 0.483. The Morgan fingerprint density at radius 1 is 0.895 bits per heavy atom. The molecule has 0 aromatic rings. The van der Waals surface area contributed by atoms with Gasteiger partial charge in [0.15, 0.2) is 0 Å². The summed E-state index contributed by atoms with van der Waals surface area (Å²) in [7, 11) is 2.28. The first-order valence-corrected chi connectivity index (χ1v) is 8.29. The molecule has 2 unspecified atom stereocenters. The monoisotopic (exact) mass is 334 g/mol. The van der Waals surface area contributed by atoms with Crippen molar-refractivity contribution in [3.8, 4) is 0 Å². The SMILES string of the molecule is [CH2-]C(C1CCCCC1)C([CH-][B]C)C1CCCCC1.[Y]. The summed E-state index contributed by atoms with van der Waals surface area (Å²) in [6.45, 7) is 6.79. The molecule has 0 heterocycles. The molecule has 2 aliphatic carbocycles. The Bertz CT molecular complexity index is 219. The molecule has 2 radical (unpaired) electrons. The maximum Gasteiger partial charge on any atom is 0 e. The molecule has 2 aliphatic rings. The standard InChI is InChI=1S/C17H30B.Y/c1-14(15-9-5-3-6-10-15)17(13-18-2)16-11-7-4-8-12-16;/h13-17H,1,3-12H2,2H3;/q-2;. The summed E-state index contributed by atoms with van der Waals surface area (Å²) in [4.78, 5) is 0. The first-order valence-electron chi connectivity index (χ1n) is 8.29. The van der Waals surface area contributed by atoms with E-state index in [0.29, 0.717) is 5.92 Å². The second-order valence-electron chi connectivity index (χ2n) is 6.56. The molecule has 0 N–H and O–H groups in total. The predicted octanol–water partition coefficient (Wildman–Crippen LogP) is 5.13. The van der Waals surface area contributed by atoms with Gasteiger partial charge in [0.2, 0.25) is 0 Å².